The summed E-state index contributed by atoms with van der Waals surface area (Å²) in [5, 5.41) is 12.2. The van der Waals surface area contributed by atoms with E-state index in [1.54, 1.807) is 6.07 Å². The van der Waals surface area contributed by atoms with E-state index in [9.17, 15) is 9.18 Å². The van der Waals surface area contributed by atoms with Gasteiger partial charge in [-0.1, -0.05) is 6.07 Å². The van der Waals surface area contributed by atoms with Gasteiger partial charge in [0.15, 0.2) is 5.69 Å². The lowest BCUT2D eigenvalue weighted by Gasteiger charge is -2.34. The van der Waals surface area contributed by atoms with Crippen LogP contribution in [0.5, 0.6) is 0 Å². The molecule has 1 fully saturated rings. The minimum atomic E-state index is -1.07. The lowest BCUT2D eigenvalue weighted by Crippen LogP contribution is -2.39. The van der Waals surface area contributed by atoms with E-state index in [0.29, 0.717) is 5.82 Å². The molecule has 1 aromatic heterocycles. The maximum Gasteiger partial charge on any atom is 0.354 e. The normalized spacial score (nSPS) is 15.4. The summed E-state index contributed by atoms with van der Waals surface area (Å²) in [6.07, 6.45) is 2.97. The minimum absolute atomic E-state index is 0.0281. The van der Waals surface area contributed by atoms with Crippen molar-refractivity contribution in [3.63, 3.8) is 0 Å². The van der Waals surface area contributed by atoms with Crippen molar-refractivity contribution in [2.45, 2.75) is 18.9 Å². The Hall–Kier alpha value is -2.70. The Labute approximate surface area is 133 Å². The Morgan fingerprint density at radius 2 is 2.04 bits per heavy atom. The van der Waals surface area contributed by atoms with E-state index in [1.165, 1.54) is 24.5 Å². The van der Waals surface area contributed by atoms with Crippen LogP contribution in [0.4, 0.5) is 15.9 Å². The van der Waals surface area contributed by atoms with E-state index in [2.05, 4.69) is 20.2 Å². The van der Waals surface area contributed by atoms with Crippen LogP contribution in [0.15, 0.2) is 36.7 Å². The number of aromatic carboxylic acids is 1. The van der Waals surface area contributed by atoms with Crippen LogP contribution in [0.2, 0.25) is 0 Å². The van der Waals surface area contributed by atoms with Crippen molar-refractivity contribution in [1.82, 2.24) is 9.97 Å². The number of carbonyl (C=O) groups is 1. The van der Waals surface area contributed by atoms with Crippen LogP contribution in [0.1, 0.15) is 23.3 Å². The van der Waals surface area contributed by atoms with E-state index in [-0.39, 0.29) is 17.6 Å². The van der Waals surface area contributed by atoms with E-state index >= 15 is 0 Å². The number of hydrogen-bond donors (Lipinski definition) is 2. The summed E-state index contributed by atoms with van der Waals surface area (Å²) in [6, 6.07) is 8.23. The van der Waals surface area contributed by atoms with E-state index in [1.807, 2.05) is 6.07 Å². The number of carboxylic acid groups (broad SMARTS) is 1. The third kappa shape index (κ3) is 3.74. The van der Waals surface area contributed by atoms with Crippen molar-refractivity contribution in [1.29, 1.82) is 0 Å². The quantitative estimate of drug-likeness (QED) is 0.902. The van der Waals surface area contributed by atoms with Crippen molar-refractivity contribution < 1.29 is 14.3 Å². The molecular formula is C16H17FN4O2. The van der Waals surface area contributed by atoms with Crippen molar-refractivity contribution >= 4 is 17.5 Å². The summed E-state index contributed by atoms with van der Waals surface area (Å²) < 4.78 is 13.3. The zero-order valence-electron chi connectivity index (χ0n) is 12.4. The van der Waals surface area contributed by atoms with Crippen LogP contribution in [-0.4, -0.2) is 40.2 Å². The highest BCUT2D eigenvalue weighted by molar-refractivity contribution is 5.86. The van der Waals surface area contributed by atoms with E-state index < -0.39 is 5.97 Å². The van der Waals surface area contributed by atoms with Gasteiger partial charge >= 0.3 is 5.97 Å². The molecule has 6 nitrogen and oxygen atoms in total. The molecule has 0 atom stereocenters. The predicted octanol–water partition coefficient (Wildman–Crippen LogP) is 2.39. The first-order chi connectivity index (χ1) is 11.1. The molecule has 0 bridgehead atoms. The third-order valence-electron chi connectivity index (χ3n) is 3.91. The summed E-state index contributed by atoms with van der Waals surface area (Å²) in [7, 11) is 0. The highest BCUT2D eigenvalue weighted by Crippen LogP contribution is 2.22. The number of hydrogen-bond acceptors (Lipinski definition) is 5. The van der Waals surface area contributed by atoms with Gasteiger partial charge < -0.3 is 15.3 Å². The SMILES string of the molecule is O=C(O)c1cc(NC2CCN(c3cccc(F)c3)CC2)ncn1. The van der Waals surface area contributed by atoms with E-state index in [0.717, 1.165) is 31.6 Å². The highest BCUT2D eigenvalue weighted by atomic mass is 19.1. The molecule has 0 amide bonds. The number of piperidine rings is 1. The second kappa shape index (κ2) is 6.60. The van der Waals surface area contributed by atoms with Gasteiger partial charge in [0.25, 0.3) is 0 Å². The Bertz CT molecular complexity index is 702. The van der Waals surface area contributed by atoms with Gasteiger partial charge in [-0.2, -0.15) is 0 Å². The van der Waals surface area contributed by atoms with Crippen LogP contribution in [0.25, 0.3) is 0 Å². The van der Waals surface area contributed by atoms with Crippen molar-refractivity contribution in [2.75, 3.05) is 23.3 Å². The molecule has 23 heavy (non-hydrogen) atoms. The molecule has 2 heterocycles. The van der Waals surface area contributed by atoms with Gasteiger partial charge in [0.2, 0.25) is 0 Å². The molecule has 7 heteroatoms. The number of nitrogens with one attached hydrogen (secondary N) is 1. The lowest BCUT2D eigenvalue weighted by molar-refractivity contribution is 0.0690. The van der Waals surface area contributed by atoms with Gasteiger partial charge in [0.1, 0.15) is 18.0 Å². The van der Waals surface area contributed by atoms with E-state index in [4.69, 9.17) is 5.11 Å². The maximum atomic E-state index is 13.3. The smallest absolute Gasteiger partial charge is 0.354 e. The van der Waals surface area contributed by atoms with Crippen molar-refractivity contribution in [3.05, 3.63) is 48.2 Å². The monoisotopic (exact) mass is 316 g/mol. The average molecular weight is 316 g/mol. The Morgan fingerprint density at radius 3 is 2.74 bits per heavy atom. The minimum Gasteiger partial charge on any atom is -0.477 e. The second-order valence-electron chi connectivity index (χ2n) is 5.48. The van der Waals surface area contributed by atoms with Gasteiger partial charge in [-0.25, -0.2) is 19.2 Å². The zero-order valence-corrected chi connectivity index (χ0v) is 12.4. The molecule has 2 aromatic rings. The molecule has 0 aliphatic carbocycles. The molecule has 0 unspecified atom stereocenters. The molecule has 0 saturated carbocycles. The summed E-state index contributed by atoms with van der Waals surface area (Å²) in [5.41, 5.74) is 0.860. The summed E-state index contributed by atoms with van der Waals surface area (Å²) >= 11 is 0. The van der Waals surface area contributed by atoms with Crippen molar-refractivity contribution in [3.8, 4) is 0 Å². The van der Waals surface area contributed by atoms with Crippen LogP contribution >= 0.6 is 0 Å². The van der Waals surface area contributed by atoms with Crippen LogP contribution in [0, 0.1) is 5.82 Å². The van der Waals surface area contributed by atoms with Gasteiger partial charge in [0.05, 0.1) is 0 Å². The number of carboxylic acids is 1. The number of benzene rings is 1. The number of anilines is 2. The fraction of sp³-hybridized carbons (Fsp3) is 0.312. The highest BCUT2D eigenvalue weighted by Gasteiger charge is 2.20. The first-order valence-electron chi connectivity index (χ1n) is 7.44. The maximum absolute atomic E-state index is 13.3. The number of aromatic nitrogens is 2. The number of nitrogens with zero attached hydrogens (tertiary/aromatic N) is 3. The molecule has 1 saturated heterocycles. The van der Waals surface area contributed by atoms with Crippen LogP contribution in [-0.2, 0) is 0 Å². The Kier molecular flexibility index (Phi) is 4.36. The van der Waals surface area contributed by atoms with Gasteiger partial charge in [-0.3, -0.25) is 0 Å². The molecule has 3 rings (SSSR count). The average Bonchev–Trinajstić information content (AvgIpc) is 2.56. The van der Waals surface area contributed by atoms with Gasteiger partial charge in [-0.05, 0) is 31.0 Å². The Balaban J connectivity index is 1.59. The topological polar surface area (TPSA) is 78.4 Å². The predicted molar refractivity (Wildman–Crippen MR) is 84.2 cm³/mol. The van der Waals surface area contributed by atoms with Crippen LogP contribution in [0.3, 0.4) is 0 Å². The summed E-state index contributed by atoms with van der Waals surface area (Å²) in [5.74, 6) is -0.789. The molecule has 0 radical (unpaired) electrons. The fourth-order valence-electron chi connectivity index (χ4n) is 2.72. The van der Waals surface area contributed by atoms with Crippen molar-refractivity contribution in [2.24, 2.45) is 0 Å². The zero-order chi connectivity index (χ0) is 16.2. The second-order valence-corrected chi connectivity index (χ2v) is 5.48. The lowest BCUT2D eigenvalue weighted by atomic mass is 10.0. The van der Waals surface area contributed by atoms with Crippen LogP contribution < -0.4 is 10.2 Å². The number of rotatable bonds is 4. The fourth-order valence-corrected chi connectivity index (χ4v) is 2.72. The molecule has 1 aliphatic heterocycles. The first kappa shape index (κ1) is 15.2. The molecule has 1 aliphatic rings. The summed E-state index contributed by atoms with van der Waals surface area (Å²) in [4.78, 5) is 20.8. The number of halogens is 1. The molecular weight excluding hydrogens is 299 g/mol. The van der Waals surface area contributed by atoms with Gasteiger partial charge in [-0.15, -0.1) is 0 Å². The Morgan fingerprint density at radius 1 is 1.26 bits per heavy atom. The largest absolute Gasteiger partial charge is 0.477 e. The summed E-state index contributed by atoms with van der Waals surface area (Å²) in [6.45, 7) is 1.61. The molecule has 120 valence electrons. The molecule has 1 aromatic carbocycles. The molecule has 2 N–H and O–H groups in total. The first-order valence-corrected chi connectivity index (χ1v) is 7.44. The third-order valence-corrected chi connectivity index (χ3v) is 3.91. The standard InChI is InChI=1S/C16H17FN4O2/c17-11-2-1-3-13(8-11)21-6-4-12(5-7-21)20-15-9-14(16(22)23)18-10-19-15/h1-3,8-10,12H,4-7H2,(H,22,23)(H,18,19,20). The molecule has 0 spiro atoms. The van der Waals surface area contributed by atoms with Gasteiger partial charge in [0, 0.05) is 30.9 Å².